The van der Waals surface area contributed by atoms with Crippen LogP contribution in [0.2, 0.25) is 0 Å². The van der Waals surface area contributed by atoms with Crippen LogP contribution in [-0.2, 0) is 6.54 Å². The molecule has 4 aliphatic rings. The molecule has 7 atom stereocenters. The van der Waals surface area contributed by atoms with Crippen LogP contribution in [0, 0.1) is 41.4 Å². The van der Waals surface area contributed by atoms with Crippen LogP contribution in [0.25, 0.3) is 6.08 Å². The Balaban J connectivity index is 1.45. The molecule has 0 aliphatic heterocycles. The Hall–Kier alpha value is -1.09. The molecule has 4 saturated carbocycles. The standard InChI is InChI=1S/C26H40N2O/c1-5-28-17(2)19(16-27-28)14-18-15-23-21-10-9-20-8-6-7-12-25(20,3)22(21)11-13-26(23,4)24(18)29/h14,16,20-24,29H,5-13,15H2,1-4H3/b18-14-/t20-,21+,22-,23-,24+,25+,26+/m1/s1. The summed E-state index contributed by atoms with van der Waals surface area (Å²) in [6, 6.07) is 0. The molecule has 160 valence electrons. The first kappa shape index (κ1) is 19.8. The first-order valence-electron chi connectivity index (χ1n) is 12.3. The van der Waals surface area contributed by atoms with E-state index < -0.39 is 0 Å². The molecule has 29 heavy (non-hydrogen) atoms. The zero-order valence-corrected chi connectivity index (χ0v) is 19.0. The van der Waals surface area contributed by atoms with Gasteiger partial charge in [0, 0.05) is 23.2 Å². The number of aliphatic hydroxyl groups excluding tert-OH is 1. The van der Waals surface area contributed by atoms with Gasteiger partial charge in [-0.25, -0.2) is 0 Å². The molecule has 3 nitrogen and oxygen atoms in total. The summed E-state index contributed by atoms with van der Waals surface area (Å²) >= 11 is 0. The summed E-state index contributed by atoms with van der Waals surface area (Å²) in [5.41, 5.74) is 4.33. The molecule has 0 spiro atoms. The molecular weight excluding hydrogens is 356 g/mol. The lowest BCUT2D eigenvalue weighted by Crippen LogP contribution is -2.53. The van der Waals surface area contributed by atoms with Crippen molar-refractivity contribution in [1.29, 1.82) is 0 Å². The molecule has 1 N–H and O–H groups in total. The maximum atomic E-state index is 11.5. The van der Waals surface area contributed by atoms with Crippen LogP contribution in [0.5, 0.6) is 0 Å². The molecule has 5 rings (SSSR count). The van der Waals surface area contributed by atoms with Gasteiger partial charge in [0.25, 0.3) is 0 Å². The third-order valence-corrected chi connectivity index (χ3v) is 10.2. The second-order valence-electron chi connectivity index (χ2n) is 11.3. The van der Waals surface area contributed by atoms with Crippen molar-refractivity contribution in [3.05, 3.63) is 23.0 Å². The van der Waals surface area contributed by atoms with Crippen molar-refractivity contribution in [2.24, 2.45) is 34.5 Å². The normalized spacial score (nSPS) is 45.7. The van der Waals surface area contributed by atoms with Gasteiger partial charge in [-0.1, -0.05) is 26.7 Å². The van der Waals surface area contributed by atoms with Crippen molar-refractivity contribution in [2.45, 2.75) is 98.1 Å². The van der Waals surface area contributed by atoms with Gasteiger partial charge in [-0.3, -0.25) is 4.68 Å². The average molecular weight is 397 g/mol. The van der Waals surface area contributed by atoms with Crippen molar-refractivity contribution in [3.8, 4) is 0 Å². The van der Waals surface area contributed by atoms with E-state index in [1.165, 1.54) is 68.2 Å². The van der Waals surface area contributed by atoms with Crippen molar-refractivity contribution >= 4 is 6.08 Å². The Morgan fingerprint density at radius 1 is 1.10 bits per heavy atom. The lowest BCUT2D eigenvalue weighted by Gasteiger charge is -2.60. The highest BCUT2D eigenvalue weighted by molar-refractivity contribution is 5.57. The quantitative estimate of drug-likeness (QED) is 0.666. The molecule has 4 fully saturated rings. The number of aromatic nitrogens is 2. The minimum absolute atomic E-state index is 0.0690. The van der Waals surface area contributed by atoms with Crippen molar-refractivity contribution in [3.63, 3.8) is 0 Å². The summed E-state index contributed by atoms with van der Waals surface area (Å²) < 4.78 is 2.06. The molecule has 0 radical (unpaired) electrons. The number of hydrogen-bond donors (Lipinski definition) is 1. The molecule has 1 heterocycles. The molecule has 0 saturated heterocycles. The van der Waals surface area contributed by atoms with Crippen LogP contribution in [-0.4, -0.2) is 21.0 Å². The van der Waals surface area contributed by atoms with Gasteiger partial charge in [0.05, 0.1) is 12.3 Å². The van der Waals surface area contributed by atoms with E-state index in [1.54, 1.807) is 0 Å². The van der Waals surface area contributed by atoms with Crippen molar-refractivity contribution in [1.82, 2.24) is 9.78 Å². The topological polar surface area (TPSA) is 38.0 Å². The molecule has 0 amide bonds. The van der Waals surface area contributed by atoms with Crippen LogP contribution >= 0.6 is 0 Å². The van der Waals surface area contributed by atoms with E-state index in [0.717, 1.165) is 30.7 Å². The van der Waals surface area contributed by atoms with E-state index in [0.29, 0.717) is 11.3 Å². The lowest BCUT2D eigenvalue weighted by molar-refractivity contribution is -0.119. The minimum Gasteiger partial charge on any atom is -0.388 e. The minimum atomic E-state index is -0.283. The average Bonchev–Trinajstić information content (AvgIpc) is 3.19. The molecule has 1 aromatic heterocycles. The zero-order valence-electron chi connectivity index (χ0n) is 19.0. The van der Waals surface area contributed by atoms with Crippen LogP contribution in [0.4, 0.5) is 0 Å². The number of rotatable bonds is 2. The number of hydrogen-bond acceptors (Lipinski definition) is 2. The largest absolute Gasteiger partial charge is 0.388 e. The van der Waals surface area contributed by atoms with Gasteiger partial charge in [-0.2, -0.15) is 5.10 Å². The molecular formula is C26H40N2O. The second kappa shape index (κ2) is 6.97. The molecule has 0 aromatic carbocycles. The van der Waals surface area contributed by atoms with E-state index in [1.807, 2.05) is 6.20 Å². The molecule has 1 aromatic rings. The van der Waals surface area contributed by atoms with Gasteiger partial charge in [-0.15, -0.1) is 0 Å². The van der Waals surface area contributed by atoms with Crippen LogP contribution in [0.1, 0.15) is 89.8 Å². The smallest absolute Gasteiger partial charge is 0.0809 e. The van der Waals surface area contributed by atoms with Crippen LogP contribution in [0.15, 0.2) is 11.8 Å². The predicted octanol–water partition coefficient (Wildman–Crippen LogP) is 6.00. The predicted molar refractivity (Wildman–Crippen MR) is 118 cm³/mol. The zero-order chi connectivity index (χ0) is 20.4. The fraction of sp³-hybridized carbons (Fsp3) is 0.808. The van der Waals surface area contributed by atoms with E-state index in [4.69, 9.17) is 0 Å². The Bertz CT molecular complexity index is 810. The second-order valence-corrected chi connectivity index (χ2v) is 11.3. The summed E-state index contributed by atoms with van der Waals surface area (Å²) in [5, 5.41) is 16.0. The van der Waals surface area contributed by atoms with Gasteiger partial charge < -0.3 is 5.11 Å². The highest BCUT2D eigenvalue weighted by atomic mass is 16.3. The number of nitrogens with zero attached hydrogens (tertiary/aromatic N) is 2. The molecule has 0 unspecified atom stereocenters. The fourth-order valence-corrected chi connectivity index (χ4v) is 8.42. The summed E-state index contributed by atoms with van der Waals surface area (Å²) in [4.78, 5) is 0. The first-order valence-corrected chi connectivity index (χ1v) is 12.3. The maximum Gasteiger partial charge on any atom is 0.0809 e. The summed E-state index contributed by atoms with van der Waals surface area (Å²) in [6.45, 7) is 10.2. The third-order valence-electron chi connectivity index (χ3n) is 10.2. The SMILES string of the molecule is CCn1ncc(/C=C2/C[C@@H]3[C@H]4CC[C@H]5CCCC[C@]5(C)[C@@H]4CC[C@]3(C)[C@H]2O)c1C. The number of fused-ring (bicyclic) bond motifs is 5. The summed E-state index contributed by atoms with van der Waals surface area (Å²) in [6.07, 6.45) is 16.3. The molecule has 4 aliphatic carbocycles. The molecule has 3 heteroatoms. The number of aryl methyl sites for hydroxylation is 1. The van der Waals surface area contributed by atoms with Crippen LogP contribution in [0.3, 0.4) is 0 Å². The number of aliphatic hydroxyl groups is 1. The van der Waals surface area contributed by atoms with E-state index in [-0.39, 0.29) is 11.5 Å². The lowest BCUT2D eigenvalue weighted by atomic mass is 9.45. The van der Waals surface area contributed by atoms with E-state index in [2.05, 4.69) is 43.6 Å². The summed E-state index contributed by atoms with van der Waals surface area (Å²) in [5.74, 6) is 3.32. The Labute approximate surface area is 177 Å². The first-order chi connectivity index (χ1) is 13.9. The van der Waals surface area contributed by atoms with E-state index in [9.17, 15) is 5.11 Å². The highest BCUT2D eigenvalue weighted by Gasteiger charge is 2.60. The fourth-order valence-electron chi connectivity index (χ4n) is 8.42. The van der Waals surface area contributed by atoms with E-state index >= 15 is 0 Å². The molecule has 0 bridgehead atoms. The Morgan fingerprint density at radius 3 is 2.69 bits per heavy atom. The highest BCUT2D eigenvalue weighted by Crippen LogP contribution is 2.67. The van der Waals surface area contributed by atoms with Gasteiger partial charge in [-0.05, 0) is 99.5 Å². The Kier molecular flexibility index (Phi) is 4.77. The third kappa shape index (κ3) is 2.82. The monoisotopic (exact) mass is 396 g/mol. The van der Waals surface area contributed by atoms with Gasteiger partial charge >= 0.3 is 0 Å². The van der Waals surface area contributed by atoms with Crippen LogP contribution < -0.4 is 0 Å². The van der Waals surface area contributed by atoms with Crippen molar-refractivity contribution < 1.29 is 5.11 Å². The summed E-state index contributed by atoms with van der Waals surface area (Å²) in [7, 11) is 0. The Morgan fingerprint density at radius 2 is 1.93 bits per heavy atom. The van der Waals surface area contributed by atoms with Gasteiger partial charge in [0.1, 0.15) is 0 Å². The maximum absolute atomic E-state index is 11.5. The van der Waals surface area contributed by atoms with Gasteiger partial charge in [0.15, 0.2) is 0 Å². The van der Waals surface area contributed by atoms with Crippen molar-refractivity contribution in [2.75, 3.05) is 0 Å². The van der Waals surface area contributed by atoms with Gasteiger partial charge in [0.2, 0.25) is 0 Å².